The molecule has 4 nitrogen and oxygen atoms in total. The number of aromatic hydroxyl groups is 1. The number of halogens is 1. The number of nitrogens with zero attached hydrogens (tertiary/aromatic N) is 1. The predicted octanol–water partition coefficient (Wildman–Crippen LogP) is 4.21. The molecule has 122 valence electrons. The molecule has 0 bridgehead atoms. The van der Waals surface area contributed by atoms with Crippen molar-refractivity contribution in [3.8, 4) is 5.75 Å². The lowest BCUT2D eigenvalue weighted by atomic mass is 9.96. The lowest BCUT2D eigenvalue weighted by Crippen LogP contribution is -2.28. The summed E-state index contributed by atoms with van der Waals surface area (Å²) in [5.41, 5.74) is 1.79. The second-order valence-electron chi connectivity index (χ2n) is 5.45. The molecule has 1 atom stereocenters. The van der Waals surface area contributed by atoms with E-state index in [1.54, 1.807) is 25.3 Å². The van der Waals surface area contributed by atoms with Crippen LogP contribution in [0.4, 0.5) is 0 Å². The third kappa shape index (κ3) is 3.05. The Bertz CT molecular complexity index is 895. The van der Waals surface area contributed by atoms with Crippen molar-refractivity contribution in [3.05, 3.63) is 70.9 Å². The molecule has 0 aliphatic carbocycles. The van der Waals surface area contributed by atoms with Crippen LogP contribution >= 0.6 is 11.6 Å². The van der Waals surface area contributed by atoms with E-state index in [2.05, 4.69) is 10.3 Å². The topological polar surface area (TPSA) is 62.2 Å². The maximum absolute atomic E-state index is 12.0. The molecule has 3 aromatic rings. The van der Waals surface area contributed by atoms with Gasteiger partial charge in [0.25, 0.3) is 0 Å². The Morgan fingerprint density at radius 3 is 2.71 bits per heavy atom. The fourth-order valence-electron chi connectivity index (χ4n) is 2.67. The van der Waals surface area contributed by atoms with Gasteiger partial charge >= 0.3 is 0 Å². The first-order valence-electron chi connectivity index (χ1n) is 7.72. The molecule has 24 heavy (non-hydrogen) atoms. The Morgan fingerprint density at radius 2 is 1.96 bits per heavy atom. The molecule has 1 heterocycles. The predicted molar refractivity (Wildman–Crippen MR) is 95.1 cm³/mol. The SMILES string of the molecule is CCC(=O)N[C@H](c1ccccc1Cl)c1ccc2cccnc2c1O. The highest BCUT2D eigenvalue weighted by Crippen LogP contribution is 2.36. The first kappa shape index (κ1) is 16.3. The molecule has 0 fully saturated rings. The van der Waals surface area contributed by atoms with E-state index >= 15 is 0 Å². The van der Waals surface area contributed by atoms with E-state index in [1.165, 1.54) is 0 Å². The van der Waals surface area contributed by atoms with E-state index < -0.39 is 6.04 Å². The first-order chi connectivity index (χ1) is 11.6. The Morgan fingerprint density at radius 1 is 1.17 bits per heavy atom. The van der Waals surface area contributed by atoms with Crippen molar-refractivity contribution in [1.29, 1.82) is 0 Å². The van der Waals surface area contributed by atoms with Gasteiger partial charge < -0.3 is 10.4 Å². The number of fused-ring (bicyclic) bond motifs is 1. The molecule has 0 spiro atoms. The summed E-state index contributed by atoms with van der Waals surface area (Å²) in [6.07, 6.45) is 1.97. The normalized spacial score (nSPS) is 12.1. The Hall–Kier alpha value is -2.59. The molecule has 1 amide bonds. The molecule has 0 aliphatic heterocycles. The molecule has 0 saturated carbocycles. The lowest BCUT2D eigenvalue weighted by Gasteiger charge is -2.22. The van der Waals surface area contributed by atoms with Crippen LogP contribution in [0.15, 0.2) is 54.7 Å². The zero-order valence-electron chi connectivity index (χ0n) is 13.2. The maximum atomic E-state index is 12.0. The van der Waals surface area contributed by atoms with Crippen LogP contribution in [-0.4, -0.2) is 16.0 Å². The molecule has 0 aliphatic rings. The van der Waals surface area contributed by atoms with Crippen molar-refractivity contribution >= 4 is 28.4 Å². The summed E-state index contributed by atoms with van der Waals surface area (Å²) in [6, 6.07) is 14.1. The summed E-state index contributed by atoms with van der Waals surface area (Å²) < 4.78 is 0. The average molecular weight is 341 g/mol. The minimum atomic E-state index is -0.544. The van der Waals surface area contributed by atoms with Gasteiger partial charge in [0.2, 0.25) is 5.91 Å². The van der Waals surface area contributed by atoms with Gasteiger partial charge in [-0.3, -0.25) is 9.78 Å². The zero-order valence-corrected chi connectivity index (χ0v) is 13.9. The summed E-state index contributed by atoms with van der Waals surface area (Å²) in [5.74, 6) is -0.0742. The van der Waals surface area contributed by atoms with Crippen molar-refractivity contribution in [2.45, 2.75) is 19.4 Å². The Kier molecular flexibility index (Phi) is 4.67. The Labute approximate surface area is 145 Å². The van der Waals surface area contributed by atoms with Crippen LogP contribution in [-0.2, 0) is 4.79 Å². The largest absolute Gasteiger partial charge is 0.505 e. The molecular weight excluding hydrogens is 324 g/mol. The van der Waals surface area contributed by atoms with Crippen LogP contribution < -0.4 is 5.32 Å². The maximum Gasteiger partial charge on any atom is 0.220 e. The number of aromatic nitrogens is 1. The van der Waals surface area contributed by atoms with Gasteiger partial charge in [-0.2, -0.15) is 0 Å². The Balaban J connectivity index is 2.17. The molecule has 0 radical (unpaired) electrons. The molecule has 3 rings (SSSR count). The van der Waals surface area contributed by atoms with Crippen LogP contribution in [0, 0.1) is 0 Å². The van der Waals surface area contributed by atoms with Crippen molar-refractivity contribution < 1.29 is 9.90 Å². The van der Waals surface area contributed by atoms with Gasteiger partial charge in [0.1, 0.15) is 11.3 Å². The second kappa shape index (κ2) is 6.89. The average Bonchev–Trinajstić information content (AvgIpc) is 2.61. The van der Waals surface area contributed by atoms with Crippen LogP contribution in [0.25, 0.3) is 10.9 Å². The molecule has 0 saturated heterocycles. The third-order valence-electron chi connectivity index (χ3n) is 3.93. The van der Waals surface area contributed by atoms with Gasteiger partial charge in [-0.05, 0) is 17.7 Å². The number of hydrogen-bond acceptors (Lipinski definition) is 3. The lowest BCUT2D eigenvalue weighted by molar-refractivity contribution is -0.121. The van der Waals surface area contributed by atoms with Gasteiger partial charge in [-0.25, -0.2) is 0 Å². The van der Waals surface area contributed by atoms with E-state index in [0.29, 0.717) is 22.5 Å². The minimum Gasteiger partial charge on any atom is -0.505 e. The number of benzene rings is 2. The quantitative estimate of drug-likeness (QED) is 0.747. The van der Waals surface area contributed by atoms with Gasteiger partial charge in [0.05, 0.1) is 6.04 Å². The van der Waals surface area contributed by atoms with Crippen molar-refractivity contribution in [3.63, 3.8) is 0 Å². The van der Waals surface area contributed by atoms with Gasteiger partial charge in [0.15, 0.2) is 0 Å². The number of hydrogen-bond donors (Lipinski definition) is 2. The summed E-state index contributed by atoms with van der Waals surface area (Å²) in [4.78, 5) is 16.2. The molecule has 2 aromatic carbocycles. The van der Waals surface area contributed by atoms with E-state index in [0.717, 1.165) is 10.9 Å². The second-order valence-corrected chi connectivity index (χ2v) is 5.86. The van der Waals surface area contributed by atoms with Gasteiger partial charge in [0, 0.05) is 28.6 Å². The van der Waals surface area contributed by atoms with E-state index in [-0.39, 0.29) is 11.7 Å². The van der Waals surface area contributed by atoms with E-state index in [4.69, 9.17) is 11.6 Å². The number of phenolic OH excluding ortho intramolecular Hbond substituents is 1. The van der Waals surface area contributed by atoms with Crippen LogP contribution in [0.3, 0.4) is 0 Å². The van der Waals surface area contributed by atoms with Crippen LogP contribution in [0.2, 0.25) is 5.02 Å². The van der Waals surface area contributed by atoms with E-state index in [9.17, 15) is 9.90 Å². The number of pyridine rings is 1. The third-order valence-corrected chi connectivity index (χ3v) is 4.28. The summed E-state index contributed by atoms with van der Waals surface area (Å²) >= 11 is 6.32. The summed E-state index contributed by atoms with van der Waals surface area (Å²) in [7, 11) is 0. The highest BCUT2D eigenvalue weighted by atomic mass is 35.5. The number of phenols is 1. The van der Waals surface area contributed by atoms with Crippen molar-refractivity contribution in [2.75, 3.05) is 0 Å². The molecular formula is C19H17ClN2O2. The highest BCUT2D eigenvalue weighted by molar-refractivity contribution is 6.31. The van der Waals surface area contributed by atoms with Gasteiger partial charge in [-0.15, -0.1) is 0 Å². The number of carbonyl (C=O) groups is 1. The standard InChI is InChI=1S/C19H17ClN2O2/c1-2-16(23)22-18(13-7-3-4-8-15(13)20)14-10-9-12-6-5-11-21-17(12)19(14)24/h3-11,18,24H,2H2,1H3,(H,22,23)/t18-/m1/s1. The van der Waals surface area contributed by atoms with E-state index in [1.807, 2.05) is 36.4 Å². The van der Waals surface area contributed by atoms with Crippen LogP contribution in [0.1, 0.15) is 30.5 Å². The minimum absolute atomic E-state index is 0.0504. The fraction of sp³-hybridized carbons (Fsp3) is 0.158. The summed E-state index contributed by atoms with van der Waals surface area (Å²) in [6.45, 7) is 1.78. The van der Waals surface area contributed by atoms with Gasteiger partial charge in [-0.1, -0.05) is 54.9 Å². The summed E-state index contributed by atoms with van der Waals surface area (Å²) in [5, 5.41) is 15.0. The number of carbonyl (C=O) groups excluding carboxylic acids is 1. The molecule has 5 heteroatoms. The molecule has 1 aromatic heterocycles. The molecule has 2 N–H and O–H groups in total. The number of amides is 1. The smallest absolute Gasteiger partial charge is 0.220 e. The number of nitrogens with one attached hydrogen (secondary N) is 1. The van der Waals surface area contributed by atoms with Crippen molar-refractivity contribution in [1.82, 2.24) is 10.3 Å². The molecule has 0 unspecified atom stereocenters. The number of rotatable bonds is 4. The first-order valence-corrected chi connectivity index (χ1v) is 8.10. The van der Waals surface area contributed by atoms with Crippen LogP contribution in [0.5, 0.6) is 5.75 Å². The monoisotopic (exact) mass is 340 g/mol. The highest BCUT2D eigenvalue weighted by Gasteiger charge is 2.23. The zero-order chi connectivity index (χ0) is 17.1. The fourth-order valence-corrected chi connectivity index (χ4v) is 2.92. The van der Waals surface area contributed by atoms with Crippen molar-refractivity contribution in [2.24, 2.45) is 0 Å².